The number of aromatic hydroxyl groups is 1. The first kappa shape index (κ1) is 8.29. The molecule has 2 nitrogen and oxygen atoms in total. The average Bonchev–Trinajstić information content (AvgIpc) is 2.58. The van der Waals surface area contributed by atoms with E-state index in [1.807, 2.05) is 0 Å². The van der Waals surface area contributed by atoms with Gasteiger partial charge in [-0.1, -0.05) is 12.1 Å². The Balaban J connectivity index is 2.58. The van der Waals surface area contributed by atoms with Gasteiger partial charge in [-0.05, 0) is 24.3 Å². The molecule has 74 valence electrons. The summed E-state index contributed by atoms with van der Waals surface area (Å²) in [5.41, 5.74) is 0.978. The van der Waals surface area contributed by atoms with Gasteiger partial charge in [0.15, 0.2) is 11.3 Å². The molecule has 0 fully saturated rings. The predicted molar refractivity (Wildman–Crippen MR) is 55.3 cm³/mol. The third-order valence-corrected chi connectivity index (χ3v) is 2.44. The summed E-state index contributed by atoms with van der Waals surface area (Å²) < 4.78 is 18.5. The summed E-state index contributed by atoms with van der Waals surface area (Å²) in [4.78, 5) is 0. The smallest absolute Gasteiger partial charge is 0.177 e. The fraction of sp³-hybridized carbons (Fsp3) is 0. The Morgan fingerprint density at radius 1 is 1.07 bits per heavy atom. The quantitative estimate of drug-likeness (QED) is 0.605. The van der Waals surface area contributed by atoms with Crippen molar-refractivity contribution in [2.24, 2.45) is 0 Å². The largest absolute Gasteiger partial charge is 0.504 e. The van der Waals surface area contributed by atoms with E-state index >= 15 is 0 Å². The Morgan fingerprint density at radius 3 is 2.80 bits per heavy atom. The number of fused-ring (bicyclic) bond motifs is 3. The van der Waals surface area contributed by atoms with Crippen LogP contribution in [0.1, 0.15) is 0 Å². The third kappa shape index (κ3) is 1.09. The van der Waals surface area contributed by atoms with Gasteiger partial charge in [-0.2, -0.15) is 0 Å². The van der Waals surface area contributed by atoms with Crippen LogP contribution in [0, 0.1) is 5.82 Å². The predicted octanol–water partition coefficient (Wildman–Crippen LogP) is 3.43. The molecule has 0 atom stereocenters. The van der Waals surface area contributed by atoms with Crippen molar-refractivity contribution in [3.8, 4) is 5.75 Å². The second kappa shape index (κ2) is 2.73. The van der Waals surface area contributed by atoms with E-state index in [9.17, 15) is 9.50 Å². The van der Waals surface area contributed by atoms with E-state index in [0.717, 1.165) is 5.39 Å². The van der Waals surface area contributed by atoms with Crippen LogP contribution >= 0.6 is 0 Å². The van der Waals surface area contributed by atoms with Gasteiger partial charge in [-0.3, -0.25) is 0 Å². The molecule has 0 radical (unpaired) electrons. The van der Waals surface area contributed by atoms with Crippen LogP contribution in [0.5, 0.6) is 5.75 Å². The van der Waals surface area contributed by atoms with Crippen LogP contribution in [-0.2, 0) is 0 Å². The number of hydrogen-bond acceptors (Lipinski definition) is 2. The highest BCUT2D eigenvalue weighted by atomic mass is 19.1. The average molecular weight is 202 g/mol. The van der Waals surface area contributed by atoms with Crippen molar-refractivity contribution < 1.29 is 13.9 Å². The summed E-state index contributed by atoms with van der Waals surface area (Å²) in [6.45, 7) is 0. The summed E-state index contributed by atoms with van der Waals surface area (Å²) in [5, 5.41) is 11.0. The zero-order chi connectivity index (χ0) is 10.4. The minimum absolute atomic E-state index is 0.0732. The summed E-state index contributed by atoms with van der Waals surface area (Å²) in [5.74, 6) is -0.238. The maximum absolute atomic E-state index is 13.0. The zero-order valence-corrected chi connectivity index (χ0v) is 7.70. The van der Waals surface area contributed by atoms with Crippen LogP contribution in [0.25, 0.3) is 21.9 Å². The number of benzene rings is 2. The molecule has 0 spiro atoms. The van der Waals surface area contributed by atoms with Gasteiger partial charge in [0.25, 0.3) is 0 Å². The molecule has 0 bridgehead atoms. The Morgan fingerprint density at radius 2 is 1.93 bits per heavy atom. The van der Waals surface area contributed by atoms with E-state index in [-0.39, 0.29) is 11.6 Å². The van der Waals surface area contributed by atoms with E-state index in [1.54, 1.807) is 24.3 Å². The molecule has 15 heavy (non-hydrogen) atoms. The fourth-order valence-electron chi connectivity index (χ4n) is 1.76. The van der Waals surface area contributed by atoms with E-state index in [0.29, 0.717) is 16.6 Å². The Hall–Kier alpha value is -2.03. The first-order valence-corrected chi connectivity index (χ1v) is 4.55. The van der Waals surface area contributed by atoms with Crippen LogP contribution in [-0.4, -0.2) is 5.11 Å². The number of para-hydroxylation sites is 1. The molecular weight excluding hydrogens is 195 g/mol. The van der Waals surface area contributed by atoms with Gasteiger partial charge in [0.05, 0.1) is 0 Å². The van der Waals surface area contributed by atoms with Gasteiger partial charge in [0.1, 0.15) is 11.4 Å². The van der Waals surface area contributed by atoms with Gasteiger partial charge in [-0.25, -0.2) is 4.39 Å². The first-order valence-electron chi connectivity index (χ1n) is 4.55. The standard InChI is InChI=1S/C12H7FO2/c13-7-4-5-11-9(6-7)8-2-1-3-10(14)12(8)15-11/h1-6,14H. The monoisotopic (exact) mass is 202 g/mol. The lowest BCUT2D eigenvalue weighted by atomic mass is 10.1. The maximum Gasteiger partial charge on any atom is 0.177 e. The molecule has 0 saturated heterocycles. The molecule has 0 aliphatic rings. The highest BCUT2D eigenvalue weighted by Gasteiger charge is 2.09. The van der Waals surface area contributed by atoms with Gasteiger partial charge >= 0.3 is 0 Å². The second-order valence-electron chi connectivity index (χ2n) is 3.40. The topological polar surface area (TPSA) is 33.4 Å². The number of hydrogen-bond donors (Lipinski definition) is 1. The molecule has 0 saturated carbocycles. The second-order valence-corrected chi connectivity index (χ2v) is 3.40. The molecule has 0 amide bonds. The van der Waals surface area contributed by atoms with Crippen LogP contribution in [0.2, 0.25) is 0 Å². The van der Waals surface area contributed by atoms with Crippen LogP contribution in [0.3, 0.4) is 0 Å². The lowest BCUT2D eigenvalue weighted by molar-refractivity contribution is 0.469. The van der Waals surface area contributed by atoms with Crippen molar-refractivity contribution in [1.82, 2.24) is 0 Å². The molecule has 1 N–H and O–H groups in total. The molecule has 3 aromatic rings. The molecule has 0 aliphatic heterocycles. The van der Waals surface area contributed by atoms with Crippen LogP contribution < -0.4 is 0 Å². The number of phenolic OH excluding ortho intramolecular Hbond substituents is 1. The van der Waals surface area contributed by atoms with Gasteiger partial charge in [0.2, 0.25) is 0 Å². The molecular formula is C12H7FO2. The van der Waals surface area contributed by atoms with Gasteiger partial charge < -0.3 is 9.52 Å². The summed E-state index contributed by atoms with van der Waals surface area (Å²) in [6, 6.07) is 9.34. The third-order valence-electron chi connectivity index (χ3n) is 2.44. The van der Waals surface area contributed by atoms with Gasteiger partial charge in [-0.15, -0.1) is 0 Å². The van der Waals surface area contributed by atoms with Crippen molar-refractivity contribution in [3.63, 3.8) is 0 Å². The lowest BCUT2D eigenvalue weighted by Crippen LogP contribution is -1.71. The molecule has 0 unspecified atom stereocenters. The SMILES string of the molecule is Oc1cccc2c1oc1ccc(F)cc12. The van der Waals surface area contributed by atoms with E-state index in [4.69, 9.17) is 4.42 Å². The van der Waals surface area contributed by atoms with E-state index in [2.05, 4.69) is 0 Å². The fourth-order valence-corrected chi connectivity index (χ4v) is 1.76. The number of rotatable bonds is 0. The molecule has 3 rings (SSSR count). The molecule has 2 aromatic carbocycles. The maximum atomic E-state index is 13.0. The molecule has 3 heteroatoms. The van der Waals surface area contributed by atoms with Crippen molar-refractivity contribution >= 4 is 21.9 Å². The number of halogens is 1. The Bertz CT molecular complexity index is 655. The van der Waals surface area contributed by atoms with Crippen molar-refractivity contribution in [1.29, 1.82) is 0 Å². The normalized spacial score (nSPS) is 11.3. The van der Waals surface area contributed by atoms with Crippen molar-refractivity contribution in [2.45, 2.75) is 0 Å². The van der Waals surface area contributed by atoms with E-state index < -0.39 is 0 Å². The number of furan rings is 1. The highest BCUT2D eigenvalue weighted by molar-refractivity contribution is 6.06. The van der Waals surface area contributed by atoms with Crippen molar-refractivity contribution in [3.05, 3.63) is 42.2 Å². The Labute approximate surface area is 84.5 Å². The summed E-state index contributed by atoms with van der Waals surface area (Å²) >= 11 is 0. The van der Waals surface area contributed by atoms with E-state index in [1.165, 1.54) is 12.1 Å². The number of phenols is 1. The van der Waals surface area contributed by atoms with Crippen LogP contribution in [0.4, 0.5) is 4.39 Å². The zero-order valence-electron chi connectivity index (χ0n) is 7.70. The Kier molecular flexibility index (Phi) is 1.51. The minimum Gasteiger partial charge on any atom is -0.504 e. The molecule has 0 aliphatic carbocycles. The van der Waals surface area contributed by atoms with Crippen LogP contribution in [0.15, 0.2) is 40.8 Å². The summed E-state index contributed by atoms with van der Waals surface area (Å²) in [6.07, 6.45) is 0. The minimum atomic E-state index is -0.312. The van der Waals surface area contributed by atoms with Gasteiger partial charge in [0, 0.05) is 10.8 Å². The summed E-state index contributed by atoms with van der Waals surface area (Å²) in [7, 11) is 0. The first-order chi connectivity index (χ1) is 7.25. The van der Waals surface area contributed by atoms with Crippen molar-refractivity contribution in [2.75, 3.05) is 0 Å². The molecule has 1 aromatic heterocycles. The lowest BCUT2D eigenvalue weighted by Gasteiger charge is -1.91. The highest BCUT2D eigenvalue weighted by Crippen LogP contribution is 2.33. The molecule has 1 heterocycles.